The fourth-order valence-corrected chi connectivity index (χ4v) is 2.02. The molecule has 0 spiro atoms. The molecule has 0 saturated carbocycles. The number of nitrogens with two attached hydrogens (primary N) is 1. The van der Waals surface area contributed by atoms with Gasteiger partial charge in [0.2, 0.25) is 5.91 Å². The third-order valence-corrected chi connectivity index (χ3v) is 3.44. The number of halogens is 3. The fraction of sp³-hybridized carbons (Fsp3) is 0.462. The molecule has 0 heterocycles. The highest BCUT2D eigenvalue weighted by molar-refractivity contribution is 7.98. The van der Waals surface area contributed by atoms with E-state index in [1.54, 1.807) is 18.7 Å². The number of thioether (sulfide) groups is 1. The summed E-state index contributed by atoms with van der Waals surface area (Å²) in [5.41, 5.74) is 5.58. The minimum absolute atomic E-state index is 0.143. The van der Waals surface area contributed by atoms with Gasteiger partial charge in [0.1, 0.15) is 0 Å². The molecule has 0 aliphatic rings. The van der Waals surface area contributed by atoms with Crippen LogP contribution in [0.4, 0.5) is 18.9 Å². The van der Waals surface area contributed by atoms with Gasteiger partial charge in [0.25, 0.3) is 0 Å². The topological polar surface area (TPSA) is 55.1 Å². The average molecular weight is 306 g/mol. The number of carbonyl (C=O) groups is 1. The van der Waals surface area contributed by atoms with Crippen LogP contribution in [0.5, 0.6) is 0 Å². The van der Waals surface area contributed by atoms with E-state index in [0.29, 0.717) is 12.0 Å². The van der Waals surface area contributed by atoms with E-state index in [-0.39, 0.29) is 5.69 Å². The molecule has 1 rings (SSSR count). The Balaban J connectivity index is 2.84. The van der Waals surface area contributed by atoms with Crippen molar-refractivity contribution in [2.45, 2.75) is 25.6 Å². The maximum absolute atomic E-state index is 12.6. The van der Waals surface area contributed by atoms with Crippen molar-refractivity contribution >= 4 is 23.4 Å². The zero-order chi connectivity index (χ0) is 15.3. The molecule has 112 valence electrons. The van der Waals surface area contributed by atoms with Crippen LogP contribution in [0.1, 0.15) is 17.5 Å². The number of rotatable bonds is 5. The van der Waals surface area contributed by atoms with Gasteiger partial charge in [-0.1, -0.05) is 6.07 Å². The minimum Gasteiger partial charge on any atom is -0.324 e. The third kappa shape index (κ3) is 4.72. The van der Waals surface area contributed by atoms with Gasteiger partial charge in [-0.2, -0.15) is 24.9 Å². The molecule has 0 saturated heterocycles. The normalized spacial score (nSPS) is 13.1. The van der Waals surface area contributed by atoms with Crippen LogP contribution in [-0.4, -0.2) is 24.0 Å². The highest BCUT2D eigenvalue weighted by atomic mass is 32.2. The van der Waals surface area contributed by atoms with E-state index in [0.717, 1.165) is 17.9 Å². The van der Waals surface area contributed by atoms with Crippen molar-refractivity contribution in [1.29, 1.82) is 0 Å². The summed E-state index contributed by atoms with van der Waals surface area (Å²) >= 11 is 1.55. The standard InChI is InChI=1S/C13H17F3N2OS/c1-8-3-4-9(13(14,15)16)7-11(8)18-12(19)10(17)5-6-20-2/h3-4,7,10H,5-6,17H2,1-2H3,(H,18,19)/t10-/m0/s1. The Kier molecular flexibility index (Phi) is 5.88. The Bertz CT molecular complexity index is 477. The van der Waals surface area contributed by atoms with Crippen LogP contribution in [0.15, 0.2) is 18.2 Å². The van der Waals surface area contributed by atoms with E-state index >= 15 is 0 Å². The van der Waals surface area contributed by atoms with Gasteiger partial charge in [0.05, 0.1) is 11.6 Å². The van der Waals surface area contributed by atoms with E-state index in [4.69, 9.17) is 5.73 Å². The van der Waals surface area contributed by atoms with E-state index < -0.39 is 23.7 Å². The van der Waals surface area contributed by atoms with Crippen LogP contribution in [-0.2, 0) is 11.0 Å². The number of aryl methyl sites for hydroxylation is 1. The van der Waals surface area contributed by atoms with Crippen LogP contribution < -0.4 is 11.1 Å². The Morgan fingerprint density at radius 2 is 2.10 bits per heavy atom. The van der Waals surface area contributed by atoms with Crippen molar-refractivity contribution in [2.24, 2.45) is 5.73 Å². The summed E-state index contributed by atoms with van der Waals surface area (Å²) in [7, 11) is 0. The number of amides is 1. The van der Waals surface area contributed by atoms with Crippen molar-refractivity contribution in [3.05, 3.63) is 29.3 Å². The third-order valence-electron chi connectivity index (χ3n) is 2.79. The number of alkyl halides is 3. The smallest absolute Gasteiger partial charge is 0.324 e. The number of benzene rings is 1. The summed E-state index contributed by atoms with van der Waals surface area (Å²) < 4.78 is 37.9. The molecule has 0 aromatic heterocycles. The summed E-state index contributed by atoms with van der Waals surface area (Å²) in [4.78, 5) is 11.8. The Morgan fingerprint density at radius 3 is 2.65 bits per heavy atom. The summed E-state index contributed by atoms with van der Waals surface area (Å²) in [6.45, 7) is 1.63. The van der Waals surface area contributed by atoms with Gasteiger partial charge in [-0.05, 0) is 43.0 Å². The molecule has 1 amide bonds. The predicted octanol–water partition coefficient (Wildman–Crippen LogP) is 3.03. The van der Waals surface area contributed by atoms with E-state index in [2.05, 4.69) is 5.32 Å². The zero-order valence-electron chi connectivity index (χ0n) is 11.3. The molecular formula is C13H17F3N2OS. The number of anilines is 1. The molecule has 20 heavy (non-hydrogen) atoms. The molecule has 1 aromatic carbocycles. The van der Waals surface area contributed by atoms with Crippen LogP contribution in [0.2, 0.25) is 0 Å². The zero-order valence-corrected chi connectivity index (χ0v) is 12.1. The first-order valence-electron chi connectivity index (χ1n) is 5.99. The van der Waals surface area contributed by atoms with Crippen molar-refractivity contribution in [3.8, 4) is 0 Å². The molecule has 0 aliphatic heterocycles. The Morgan fingerprint density at radius 1 is 1.45 bits per heavy atom. The molecule has 3 N–H and O–H groups in total. The van der Waals surface area contributed by atoms with Crippen LogP contribution >= 0.6 is 11.8 Å². The molecule has 3 nitrogen and oxygen atoms in total. The first-order valence-corrected chi connectivity index (χ1v) is 7.38. The number of hydrogen-bond acceptors (Lipinski definition) is 3. The van der Waals surface area contributed by atoms with Crippen LogP contribution in [0.3, 0.4) is 0 Å². The second kappa shape index (κ2) is 6.99. The lowest BCUT2D eigenvalue weighted by Crippen LogP contribution is -2.36. The van der Waals surface area contributed by atoms with E-state index in [9.17, 15) is 18.0 Å². The lowest BCUT2D eigenvalue weighted by atomic mass is 10.1. The lowest BCUT2D eigenvalue weighted by Gasteiger charge is -2.15. The van der Waals surface area contributed by atoms with Crippen LogP contribution in [0, 0.1) is 6.92 Å². The molecular weight excluding hydrogens is 289 g/mol. The predicted molar refractivity (Wildman–Crippen MR) is 75.8 cm³/mol. The Labute approximate surface area is 120 Å². The SMILES string of the molecule is CSCC[C@H](N)C(=O)Nc1cc(C(F)(F)F)ccc1C. The molecule has 0 fully saturated rings. The summed E-state index contributed by atoms with van der Waals surface area (Å²) in [6, 6.07) is 2.51. The first kappa shape index (κ1) is 16.8. The van der Waals surface area contributed by atoms with Crippen molar-refractivity contribution in [1.82, 2.24) is 0 Å². The molecule has 0 aliphatic carbocycles. The lowest BCUT2D eigenvalue weighted by molar-refractivity contribution is -0.137. The van der Waals surface area contributed by atoms with E-state index in [1.165, 1.54) is 6.07 Å². The van der Waals surface area contributed by atoms with Crippen LogP contribution in [0.25, 0.3) is 0 Å². The molecule has 1 aromatic rings. The Hall–Kier alpha value is -1.21. The maximum Gasteiger partial charge on any atom is 0.416 e. The van der Waals surface area contributed by atoms with Crippen molar-refractivity contribution in [2.75, 3.05) is 17.3 Å². The fourth-order valence-electron chi connectivity index (χ4n) is 1.53. The molecule has 0 bridgehead atoms. The summed E-state index contributed by atoms with van der Waals surface area (Å²) in [5.74, 6) is 0.248. The number of hydrogen-bond donors (Lipinski definition) is 2. The molecule has 0 unspecified atom stereocenters. The quantitative estimate of drug-likeness (QED) is 0.879. The van der Waals surface area contributed by atoms with Gasteiger partial charge in [-0.25, -0.2) is 0 Å². The largest absolute Gasteiger partial charge is 0.416 e. The minimum atomic E-state index is -4.44. The van der Waals surface area contributed by atoms with Crippen molar-refractivity contribution < 1.29 is 18.0 Å². The maximum atomic E-state index is 12.6. The van der Waals surface area contributed by atoms with Gasteiger partial charge in [-0.3, -0.25) is 4.79 Å². The molecule has 7 heteroatoms. The first-order chi connectivity index (χ1) is 9.25. The summed E-state index contributed by atoms with van der Waals surface area (Å²) in [5, 5.41) is 2.46. The van der Waals surface area contributed by atoms with Gasteiger partial charge in [0.15, 0.2) is 0 Å². The molecule has 1 atom stereocenters. The van der Waals surface area contributed by atoms with Gasteiger partial charge < -0.3 is 11.1 Å². The monoisotopic (exact) mass is 306 g/mol. The highest BCUT2D eigenvalue weighted by Gasteiger charge is 2.31. The number of carbonyl (C=O) groups excluding carboxylic acids is 1. The van der Waals surface area contributed by atoms with Gasteiger partial charge >= 0.3 is 6.18 Å². The van der Waals surface area contributed by atoms with E-state index in [1.807, 2.05) is 6.26 Å². The van der Waals surface area contributed by atoms with Gasteiger partial charge in [-0.15, -0.1) is 0 Å². The highest BCUT2D eigenvalue weighted by Crippen LogP contribution is 2.32. The second-order valence-electron chi connectivity index (χ2n) is 4.40. The summed E-state index contributed by atoms with van der Waals surface area (Å²) in [6.07, 6.45) is -2.07. The second-order valence-corrected chi connectivity index (χ2v) is 5.39. The average Bonchev–Trinajstić information content (AvgIpc) is 2.37. The van der Waals surface area contributed by atoms with Gasteiger partial charge in [0, 0.05) is 5.69 Å². The number of nitrogens with one attached hydrogen (secondary N) is 1. The van der Waals surface area contributed by atoms with Crippen molar-refractivity contribution in [3.63, 3.8) is 0 Å². The molecule has 0 radical (unpaired) electrons.